The molecule has 0 amide bonds. The van der Waals surface area contributed by atoms with E-state index in [-0.39, 0.29) is 0 Å². The van der Waals surface area contributed by atoms with Gasteiger partial charge in [-0.05, 0) is 12.1 Å². The quantitative estimate of drug-likeness (QED) is 0.559. The lowest BCUT2D eigenvalue weighted by Crippen LogP contribution is -2.01. The summed E-state index contributed by atoms with van der Waals surface area (Å²) in [4.78, 5) is 0. The molecule has 0 saturated heterocycles. The van der Waals surface area contributed by atoms with E-state index in [2.05, 4.69) is 0 Å². The highest BCUT2D eigenvalue weighted by atomic mass is 127. The Bertz CT molecular complexity index is 263. The van der Waals surface area contributed by atoms with Gasteiger partial charge in [-0.25, -0.2) is 8.78 Å². The Morgan fingerprint density at radius 1 is 1.36 bits per heavy atom. The summed E-state index contributed by atoms with van der Waals surface area (Å²) in [6.45, 7) is 0. The van der Waals surface area contributed by atoms with Crippen LogP contribution in [-0.2, 0) is 0 Å². The molecule has 0 radical (unpaired) electrons. The highest BCUT2D eigenvalue weighted by Crippen LogP contribution is 2.20. The van der Waals surface area contributed by atoms with Crippen LogP contribution >= 0.6 is 22.9 Å². The first kappa shape index (κ1) is 8.70. The first-order chi connectivity index (χ1) is 5.11. The molecule has 0 heterocycles. The van der Waals surface area contributed by atoms with Gasteiger partial charge >= 0.3 is 0 Å². The summed E-state index contributed by atoms with van der Waals surface area (Å²) >= 11 is 1.92. The van der Waals surface area contributed by atoms with E-state index < -0.39 is 11.6 Å². The van der Waals surface area contributed by atoms with Crippen LogP contribution in [0, 0.1) is 11.6 Å². The first-order valence-electron chi connectivity index (χ1n) is 2.96. The maximum Gasteiger partial charge on any atom is 0.150 e. The lowest BCUT2D eigenvalue weighted by Gasteiger charge is -2.09. The topological polar surface area (TPSA) is 3.24 Å². The van der Waals surface area contributed by atoms with Crippen LogP contribution < -0.4 is 3.11 Å². The third-order valence-corrected chi connectivity index (χ3v) is 1.76. The summed E-state index contributed by atoms with van der Waals surface area (Å²) in [5, 5.41) is 0. The minimum absolute atomic E-state index is 0.381. The molecular formula is C7H6F2IN. The fourth-order valence-electron chi connectivity index (χ4n) is 0.731. The molecule has 0 N–H and O–H groups in total. The van der Waals surface area contributed by atoms with E-state index in [1.165, 1.54) is 12.1 Å². The van der Waals surface area contributed by atoms with Gasteiger partial charge in [-0.3, -0.25) is 0 Å². The summed E-state index contributed by atoms with van der Waals surface area (Å²) < 4.78 is 26.7. The van der Waals surface area contributed by atoms with E-state index in [4.69, 9.17) is 0 Å². The predicted octanol–water partition coefficient (Wildman–Crippen LogP) is 2.75. The zero-order valence-electron chi connectivity index (χ0n) is 5.81. The van der Waals surface area contributed by atoms with Crippen LogP contribution in [0.3, 0.4) is 0 Å². The SMILES string of the molecule is CN(I)c1ccc(F)cc1F. The van der Waals surface area contributed by atoms with E-state index in [1.54, 1.807) is 10.2 Å². The van der Waals surface area contributed by atoms with Crippen molar-refractivity contribution in [1.29, 1.82) is 0 Å². The molecule has 0 spiro atoms. The Balaban J connectivity index is 3.09. The van der Waals surface area contributed by atoms with Crippen molar-refractivity contribution in [3.63, 3.8) is 0 Å². The molecule has 0 aliphatic heterocycles. The third kappa shape index (κ3) is 2.02. The monoisotopic (exact) mass is 269 g/mol. The van der Waals surface area contributed by atoms with Crippen molar-refractivity contribution in [2.45, 2.75) is 0 Å². The normalized spacial score (nSPS) is 9.82. The van der Waals surface area contributed by atoms with Crippen LogP contribution in [0.25, 0.3) is 0 Å². The molecule has 0 aliphatic rings. The number of hydrogen-bond acceptors (Lipinski definition) is 1. The van der Waals surface area contributed by atoms with E-state index in [1.807, 2.05) is 22.9 Å². The Morgan fingerprint density at radius 3 is 2.45 bits per heavy atom. The van der Waals surface area contributed by atoms with Crippen LogP contribution in [-0.4, -0.2) is 7.05 Å². The highest BCUT2D eigenvalue weighted by Gasteiger charge is 2.04. The third-order valence-electron chi connectivity index (χ3n) is 1.24. The van der Waals surface area contributed by atoms with Gasteiger partial charge in [0.05, 0.1) is 28.6 Å². The Labute approximate surface area is 77.5 Å². The van der Waals surface area contributed by atoms with Crippen molar-refractivity contribution in [3.8, 4) is 0 Å². The van der Waals surface area contributed by atoms with Crippen molar-refractivity contribution in [2.75, 3.05) is 10.2 Å². The molecule has 4 heteroatoms. The molecule has 0 atom stereocenters. The summed E-state index contributed by atoms with van der Waals surface area (Å²) in [6, 6.07) is 3.50. The van der Waals surface area contributed by atoms with E-state index in [0.29, 0.717) is 5.69 Å². The molecule has 0 unspecified atom stereocenters. The van der Waals surface area contributed by atoms with Crippen molar-refractivity contribution < 1.29 is 8.78 Å². The molecule has 11 heavy (non-hydrogen) atoms. The first-order valence-corrected chi connectivity index (χ1v) is 3.92. The van der Waals surface area contributed by atoms with Crippen LogP contribution in [0.5, 0.6) is 0 Å². The van der Waals surface area contributed by atoms with Crippen LogP contribution in [0.1, 0.15) is 0 Å². The zero-order chi connectivity index (χ0) is 8.43. The summed E-state index contributed by atoms with van der Waals surface area (Å²) in [5.41, 5.74) is 0.381. The smallest absolute Gasteiger partial charge is 0.150 e. The molecule has 0 aliphatic carbocycles. The molecule has 1 rings (SSSR count). The fourth-order valence-corrected chi connectivity index (χ4v) is 1.12. The van der Waals surface area contributed by atoms with Gasteiger partial charge < -0.3 is 3.11 Å². The molecule has 0 aromatic heterocycles. The molecular weight excluding hydrogens is 263 g/mol. The van der Waals surface area contributed by atoms with E-state index >= 15 is 0 Å². The van der Waals surface area contributed by atoms with Gasteiger partial charge in [-0.1, -0.05) is 0 Å². The lowest BCUT2D eigenvalue weighted by molar-refractivity contribution is 0.585. The van der Waals surface area contributed by atoms with E-state index in [0.717, 1.165) is 6.07 Å². The largest absolute Gasteiger partial charge is 0.315 e. The van der Waals surface area contributed by atoms with Gasteiger partial charge in [0.25, 0.3) is 0 Å². The average Bonchev–Trinajstić information content (AvgIpc) is 1.85. The van der Waals surface area contributed by atoms with Crippen LogP contribution in [0.15, 0.2) is 18.2 Å². The molecule has 0 fully saturated rings. The molecule has 1 nitrogen and oxygen atoms in total. The molecule has 0 saturated carbocycles. The second-order valence-electron chi connectivity index (χ2n) is 2.07. The van der Waals surface area contributed by atoms with Crippen molar-refractivity contribution in [3.05, 3.63) is 29.8 Å². The fraction of sp³-hybridized carbons (Fsp3) is 0.143. The maximum atomic E-state index is 12.8. The van der Waals surface area contributed by atoms with Gasteiger partial charge in [-0.2, -0.15) is 0 Å². The molecule has 1 aromatic rings. The molecule has 1 aromatic carbocycles. The summed E-state index contributed by atoms with van der Waals surface area (Å²) in [7, 11) is 1.69. The number of halogens is 3. The predicted molar refractivity (Wildman–Crippen MR) is 48.8 cm³/mol. The van der Waals surface area contributed by atoms with Gasteiger partial charge in [0.15, 0.2) is 0 Å². The minimum Gasteiger partial charge on any atom is -0.315 e. The van der Waals surface area contributed by atoms with Gasteiger partial charge in [0.1, 0.15) is 11.6 Å². The zero-order valence-corrected chi connectivity index (χ0v) is 7.97. The summed E-state index contributed by atoms with van der Waals surface area (Å²) in [5.74, 6) is -1.09. The van der Waals surface area contributed by atoms with Crippen LogP contribution in [0.2, 0.25) is 0 Å². The summed E-state index contributed by atoms with van der Waals surface area (Å²) in [6.07, 6.45) is 0. The van der Waals surface area contributed by atoms with Gasteiger partial charge in [0, 0.05) is 13.1 Å². The van der Waals surface area contributed by atoms with Gasteiger partial charge in [-0.15, -0.1) is 0 Å². The second kappa shape index (κ2) is 3.34. The maximum absolute atomic E-state index is 12.8. The van der Waals surface area contributed by atoms with Crippen molar-refractivity contribution >= 4 is 28.6 Å². The lowest BCUT2D eigenvalue weighted by atomic mass is 10.3. The Hall–Kier alpha value is -0.390. The highest BCUT2D eigenvalue weighted by molar-refractivity contribution is 14.1. The number of anilines is 1. The standard InChI is InChI=1S/C7H6F2IN/c1-11(10)7-3-2-5(8)4-6(7)9/h2-4H,1H3. The Kier molecular flexibility index (Phi) is 2.64. The van der Waals surface area contributed by atoms with Crippen molar-refractivity contribution in [2.24, 2.45) is 0 Å². The number of benzene rings is 1. The number of hydrogen-bond donors (Lipinski definition) is 0. The number of rotatable bonds is 1. The molecule has 60 valence electrons. The van der Waals surface area contributed by atoms with Crippen molar-refractivity contribution in [1.82, 2.24) is 0 Å². The van der Waals surface area contributed by atoms with Gasteiger partial charge in [0.2, 0.25) is 0 Å². The van der Waals surface area contributed by atoms with Crippen LogP contribution in [0.4, 0.5) is 14.5 Å². The Morgan fingerprint density at radius 2 is 2.00 bits per heavy atom. The second-order valence-corrected chi connectivity index (χ2v) is 3.52. The average molecular weight is 269 g/mol. The molecule has 0 bridgehead atoms. The minimum atomic E-state index is -0.551. The number of nitrogens with zero attached hydrogens (tertiary/aromatic N) is 1. The van der Waals surface area contributed by atoms with E-state index in [9.17, 15) is 8.78 Å².